The zero-order valence-corrected chi connectivity index (χ0v) is 21.3. The lowest BCUT2D eigenvalue weighted by Gasteiger charge is -2.32. The van der Waals surface area contributed by atoms with Crippen molar-refractivity contribution in [1.29, 1.82) is 0 Å². The third-order valence-electron chi connectivity index (χ3n) is 5.41. The smallest absolute Gasteiger partial charge is 0.416 e. The Hall–Kier alpha value is -3.18. The molecule has 0 saturated heterocycles. The van der Waals surface area contributed by atoms with E-state index in [0.29, 0.717) is 0 Å². The number of methoxy groups -OCH3 is 1. The Morgan fingerprint density at radius 1 is 1.08 bits per heavy atom. The molecule has 0 aliphatic heterocycles. The maximum atomic E-state index is 13.2. The van der Waals surface area contributed by atoms with Crippen molar-refractivity contribution < 1.29 is 37.2 Å². The second-order valence-electron chi connectivity index (χ2n) is 10.1. The molecule has 0 spiro atoms. The molecule has 0 unspecified atom stereocenters. The first-order valence-corrected chi connectivity index (χ1v) is 11.4. The van der Waals surface area contributed by atoms with Crippen molar-refractivity contribution in [3.8, 4) is 0 Å². The Morgan fingerprint density at radius 2 is 1.69 bits per heavy atom. The van der Waals surface area contributed by atoms with Gasteiger partial charge in [-0.05, 0) is 29.4 Å². The van der Waals surface area contributed by atoms with Crippen LogP contribution in [0.15, 0.2) is 24.3 Å². The molecule has 2 N–H and O–H groups in total. The van der Waals surface area contributed by atoms with Gasteiger partial charge in [0.2, 0.25) is 18.4 Å². The number of benzene rings is 1. The molecule has 202 valence electrons. The fourth-order valence-electron chi connectivity index (χ4n) is 3.65. The molecule has 36 heavy (non-hydrogen) atoms. The molecule has 0 aliphatic carbocycles. The Kier molecular flexibility index (Phi) is 10.9. The van der Waals surface area contributed by atoms with E-state index in [0.717, 1.165) is 19.2 Å². The number of nitro groups is 1. The lowest BCUT2D eigenvalue weighted by molar-refractivity contribution is -0.486. The van der Waals surface area contributed by atoms with Gasteiger partial charge in [-0.2, -0.15) is 13.2 Å². The van der Waals surface area contributed by atoms with Crippen molar-refractivity contribution in [2.45, 2.75) is 65.7 Å². The number of esters is 1. The quantitative estimate of drug-likeness (QED) is 0.263. The fourth-order valence-corrected chi connectivity index (χ4v) is 3.65. The van der Waals surface area contributed by atoms with Gasteiger partial charge >= 0.3 is 12.1 Å². The van der Waals surface area contributed by atoms with Crippen LogP contribution >= 0.6 is 0 Å². The fraction of sp³-hybridized carbons (Fsp3) is 0.625. The van der Waals surface area contributed by atoms with Crippen molar-refractivity contribution in [1.82, 2.24) is 10.6 Å². The first kappa shape index (κ1) is 30.9. The average molecular weight is 518 g/mol. The van der Waals surface area contributed by atoms with Gasteiger partial charge in [0.05, 0.1) is 12.7 Å². The summed E-state index contributed by atoms with van der Waals surface area (Å²) >= 11 is 0. The summed E-state index contributed by atoms with van der Waals surface area (Å²) in [6.45, 7) is 7.97. The molecular formula is C24H34F3N3O6. The van der Waals surface area contributed by atoms with Crippen LogP contribution in [0.1, 0.15) is 52.2 Å². The van der Waals surface area contributed by atoms with Gasteiger partial charge in [0.25, 0.3) is 0 Å². The zero-order chi connectivity index (χ0) is 27.8. The molecule has 0 fully saturated rings. The van der Waals surface area contributed by atoms with E-state index in [1.54, 1.807) is 20.8 Å². The highest BCUT2D eigenvalue weighted by atomic mass is 19.4. The van der Waals surface area contributed by atoms with Crippen molar-refractivity contribution in [3.05, 3.63) is 45.5 Å². The van der Waals surface area contributed by atoms with E-state index in [9.17, 15) is 37.7 Å². The minimum atomic E-state index is -4.59. The average Bonchev–Trinajstić information content (AvgIpc) is 2.73. The number of hydrogen-bond acceptors (Lipinski definition) is 6. The molecule has 0 radical (unpaired) electrons. The van der Waals surface area contributed by atoms with E-state index in [1.807, 2.05) is 13.8 Å². The third kappa shape index (κ3) is 9.82. The summed E-state index contributed by atoms with van der Waals surface area (Å²) in [4.78, 5) is 48.9. The number of carbonyl (C=O) groups excluding carboxylic acids is 3. The SMILES string of the molecule is COC(=O)[C@@H](Cc1cccc(C(F)(F)F)c1)NC(=O)[C@@H](NC(=O)[C@H](CC(C)C)C[N+](=O)[O-])C(C)(C)C. The number of amides is 2. The summed E-state index contributed by atoms with van der Waals surface area (Å²) in [6.07, 6.45) is -4.64. The van der Waals surface area contributed by atoms with E-state index in [-0.39, 0.29) is 24.3 Å². The van der Waals surface area contributed by atoms with Crippen LogP contribution in [0.25, 0.3) is 0 Å². The first-order valence-electron chi connectivity index (χ1n) is 11.4. The number of halogens is 3. The molecule has 1 rings (SSSR count). The van der Waals surface area contributed by atoms with Crippen LogP contribution in [0, 0.1) is 27.4 Å². The molecule has 0 aromatic heterocycles. The van der Waals surface area contributed by atoms with Gasteiger partial charge in [-0.3, -0.25) is 19.7 Å². The minimum Gasteiger partial charge on any atom is -0.467 e. The molecule has 0 heterocycles. The Balaban J connectivity index is 3.17. The molecule has 3 atom stereocenters. The maximum Gasteiger partial charge on any atom is 0.416 e. The van der Waals surface area contributed by atoms with Crippen molar-refractivity contribution >= 4 is 17.8 Å². The number of nitrogens with one attached hydrogen (secondary N) is 2. The van der Waals surface area contributed by atoms with Crippen LogP contribution in [0.5, 0.6) is 0 Å². The lowest BCUT2D eigenvalue weighted by atomic mass is 9.85. The van der Waals surface area contributed by atoms with Gasteiger partial charge in [0, 0.05) is 11.3 Å². The molecule has 0 bridgehead atoms. The van der Waals surface area contributed by atoms with Gasteiger partial charge in [-0.25, -0.2) is 4.79 Å². The normalized spacial score (nSPS) is 14.5. The highest BCUT2D eigenvalue weighted by Gasteiger charge is 2.38. The van der Waals surface area contributed by atoms with Gasteiger partial charge < -0.3 is 15.4 Å². The van der Waals surface area contributed by atoms with E-state index in [4.69, 9.17) is 4.74 Å². The highest BCUT2D eigenvalue weighted by molar-refractivity contribution is 5.92. The molecule has 1 aromatic carbocycles. The second kappa shape index (κ2) is 12.7. The topological polar surface area (TPSA) is 128 Å². The van der Waals surface area contributed by atoms with Crippen LogP contribution in [0.3, 0.4) is 0 Å². The standard InChI is InChI=1S/C24H34F3N3O6/c1-14(2)10-16(13-30(34)35)20(31)29-19(23(3,4)5)21(32)28-18(22(33)36-6)12-15-8-7-9-17(11-15)24(25,26)27/h7-9,11,14,16,18-19H,10,12-13H2,1-6H3,(H,28,32)(H,29,31)/t16-,18-,19-/m1/s1. The van der Waals surface area contributed by atoms with Crippen LogP contribution in [-0.2, 0) is 31.7 Å². The summed E-state index contributed by atoms with van der Waals surface area (Å²) in [6, 6.07) is 1.81. The minimum absolute atomic E-state index is 0.0150. The summed E-state index contributed by atoms with van der Waals surface area (Å²) < 4.78 is 44.0. The van der Waals surface area contributed by atoms with E-state index in [2.05, 4.69) is 10.6 Å². The van der Waals surface area contributed by atoms with Crippen molar-refractivity contribution in [2.75, 3.05) is 13.7 Å². The number of carbonyl (C=O) groups is 3. The molecule has 0 saturated carbocycles. The number of nitrogens with zero attached hydrogens (tertiary/aromatic N) is 1. The molecule has 1 aromatic rings. The maximum absolute atomic E-state index is 13.2. The van der Waals surface area contributed by atoms with Gasteiger partial charge in [-0.15, -0.1) is 0 Å². The van der Waals surface area contributed by atoms with Crippen LogP contribution in [0.4, 0.5) is 13.2 Å². The van der Waals surface area contributed by atoms with Gasteiger partial charge in [0.1, 0.15) is 18.0 Å². The van der Waals surface area contributed by atoms with E-state index in [1.165, 1.54) is 12.1 Å². The predicted octanol–water partition coefficient (Wildman–Crippen LogP) is 3.38. The molecule has 0 aliphatic rings. The highest BCUT2D eigenvalue weighted by Crippen LogP contribution is 2.30. The number of alkyl halides is 3. The number of rotatable bonds is 11. The van der Waals surface area contributed by atoms with E-state index >= 15 is 0 Å². The molecule has 2 amide bonds. The van der Waals surface area contributed by atoms with Gasteiger partial charge in [-0.1, -0.05) is 52.8 Å². The lowest BCUT2D eigenvalue weighted by Crippen LogP contribution is -2.58. The monoisotopic (exact) mass is 517 g/mol. The summed E-state index contributed by atoms with van der Waals surface area (Å²) in [5.74, 6) is -3.32. The molecular weight excluding hydrogens is 483 g/mol. The molecule has 9 nitrogen and oxygen atoms in total. The van der Waals surface area contributed by atoms with Crippen LogP contribution < -0.4 is 10.6 Å². The largest absolute Gasteiger partial charge is 0.467 e. The van der Waals surface area contributed by atoms with Crippen molar-refractivity contribution in [3.63, 3.8) is 0 Å². The van der Waals surface area contributed by atoms with Crippen LogP contribution in [0.2, 0.25) is 0 Å². The Bertz CT molecular complexity index is 944. The Morgan fingerprint density at radius 3 is 2.17 bits per heavy atom. The zero-order valence-electron chi connectivity index (χ0n) is 21.3. The van der Waals surface area contributed by atoms with Crippen molar-refractivity contribution in [2.24, 2.45) is 17.3 Å². The van der Waals surface area contributed by atoms with Gasteiger partial charge in [0.15, 0.2) is 0 Å². The molecule has 12 heteroatoms. The Labute approximate surface area is 208 Å². The predicted molar refractivity (Wildman–Crippen MR) is 125 cm³/mol. The van der Waals surface area contributed by atoms with Crippen LogP contribution in [-0.4, -0.2) is 48.4 Å². The summed E-state index contributed by atoms with van der Waals surface area (Å²) in [5.41, 5.74) is -1.63. The first-order chi connectivity index (χ1) is 16.4. The van der Waals surface area contributed by atoms with E-state index < -0.39 is 64.4 Å². The summed E-state index contributed by atoms with van der Waals surface area (Å²) in [5, 5.41) is 16.1. The number of hydrogen-bond donors (Lipinski definition) is 2. The number of ether oxygens (including phenoxy) is 1. The second-order valence-corrected chi connectivity index (χ2v) is 10.1. The summed E-state index contributed by atoms with van der Waals surface area (Å²) in [7, 11) is 1.07. The third-order valence-corrected chi connectivity index (χ3v) is 5.41.